The lowest BCUT2D eigenvalue weighted by molar-refractivity contribution is -0.385. The molecular weight excluding hydrogens is 380 g/mol. The van der Waals surface area contributed by atoms with E-state index >= 15 is 0 Å². The van der Waals surface area contributed by atoms with Gasteiger partial charge in [-0.1, -0.05) is 0 Å². The standard InChI is InChI=1S/C20H24N2O7/c1-21-8-7-19-10-13(23)17(28-3)18(29-4)20(19,21)6-5-11-12(22(25)26)9-14(27-2)16(24)15(11)19/h9,24H,5-8,10H2,1-4H3. The molecule has 0 aromatic heterocycles. The van der Waals surface area contributed by atoms with Gasteiger partial charge in [0.1, 0.15) is 0 Å². The third kappa shape index (κ3) is 2.16. The van der Waals surface area contributed by atoms with Crippen molar-refractivity contribution in [2.24, 2.45) is 0 Å². The zero-order valence-corrected chi connectivity index (χ0v) is 16.9. The number of methoxy groups -OCH3 is 3. The van der Waals surface area contributed by atoms with Crippen LogP contribution >= 0.6 is 0 Å². The minimum atomic E-state index is -0.872. The van der Waals surface area contributed by atoms with Gasteiger partial charge in [-0.2, -0.15) is 0 Å². The SMILES string of the molecule is COC1=C(OC)C23CCc4c([N+](=O)[O-])cc(OC)c(O)c4C2(CCN3C)CC1=O. The number of carbonyl (C=O) groups excluding carboxylic acids is 1. The number of nitrogens with zero attached hydrogens (tertiary/aromatic N) is 2. The van der Waals surface area contributed by atoms with Crippen LogP contribution in [-0.4, -0.2) is 61.2 Å². The van der Waals surface area contributed by atoms with Gasteiger partial charge in [0.2, 0.25) is 11.5 Å². The molecule has 156 valence electrons. The van der Waals surface area contributed by atoms with Crippen LogP contribution in [0.2, 0.25) is 0 Å². The first-order chi connectivity index (χ1) is 13.8. The number of ether oxygens (including phenoxy) is 3. The van der Waals surface area contributed by atoms with E-state index in [-0.39, 0.29) is 35.1 Å². The van der Waals surface area contributed by atoms with Crippen molar-refractivity contribution >= 4 is 11.5 Å². The van der Waals surface area contributed by atoms with Crippen molar-refractivity contribution in [3.63, 3.8) is 0 Å². The first kappa shape index (κ1) is 19.5. The number of likely N-dealkylation sites (tertiary alicyclic amines) is 1. The molecule has 1 saturated heterocycles. The summed E-state index contributed by atoms with van der Waals surface area (Å²) in [6.45, 7) is 0.640. The average molecular weight is 404 g/mol. The Hall–Kier alpha value is -2.81. The molecule has 1 aliphatic heterocycles. The summed E-state index contributed by atoms with van der Waals surface area (Å²) in [7, 11) is 6.24. The van der Waals surface area contributed by atoms with Crippen molar-refractivity contribution in [2.45, 2.75) is 36.6 Å². The van der Waals surface area contributed by atoms with Crippen LogP contribution in [0.1, 0.15) is 30.4 Å². The van der Waals surface area contributed by atoms with Crippen LogP contribution in [-0.2, 0) is 26.1 Å². The highest BCUT2D eigenvalue weighted by Crippen LogP contribution is 2.65. The maximum atomic E-state index is 13.1. The molecule has 4 rings (SSSR count). The maximum absolute atomic E-state index is 13.1. The minimum Gasteiger partial charge on any atom is -0.504 e. The Morgan fingerprint density at radius 2 is 1.93 bits per heavy atom. The highest BCUT2D eigenvalue weighted by molar-refractivity contribution is 5.98. The van der Waals surface area contributed by atoms with Crippen LogP contribution in [0.4, 0.5) is 5.69 Å². The first-order valence-electron chi connectivity index (χ1n) is 9.44. The van der Waals surface area contributed by atoms with E-state index < -0.39 is 15.9 Å². The van der Waals surface area contributed by atoms with Crippen molar-refractivity contribution in [1.29, 1.82) is 0 Å². The Labute approximate surface area is 168 Å². The molecule has 1 aromatic carbocycles. The van der Waals surface area contributed by atoms with E-state index in [1.807, 2.05) is 7.05 Å². The lowest BCUT2D eigenvalue weighted by Crippen LogP contribution is -2.62. The number of rotatable bonds is 4. The molecule has 0 bridgehead atoms. The number of benzene rings is 1. The Morgan fingerprint density at radius 3 is 2.52 bits per heavy atom. The summed E-state index contributed by atoms with van der Waals surface area (Å²) < 4.78 is 16.4. The van der Waals surface area contributed by atoms with E-state index in [0.717, 1.165) is 0 Å². The molecule has 2 atom stereocenters. The summed E-state index contributed by atoms with van der Waals surface area (Å²) >= 11 is 0. The van der Waals surface area contributed by atoms with Crippen LogP contribution in [0.3, 0.4) is 0 Å². The van der Waals surface area contributed by atoms with Gasteiger partial charge in [-0.3, -0.25) is 19.8 Å². The van der Waals surface area contributed by atoms with Crippen molar-refractivity contribution in [2.75, 3.05) is 34.9 Å². The van der Waals surface area contributed by atoms with E-state index in [0.29, 0.717) is 42.7 Å². The monoisotopic (exact) mass is 404 g/mol. The quantitative estimate of drug-likeness (QED) is 0.599. The zero-order valence-electron chi connectivity index (χ0n) is 16.9. The summed E-state index contributed by atoms with van der Waals surface area (Å²) in [6.07, 6.45) is 1.47. The fraction of sp³-hybridized carbons (Fsp3) is 0.550. The second-order valence-corrected chi connectivity index (χ2v) is 7.84. The molecule has 3 aliphatic rings. The molecule has 2 aliphatic carbocycles. The second kappa shape index (κ2) is 6.35. The molecule has 9 heteroatoms. The number of likely N-dealkylation sites (N-methyl/N-ethyl adjacent to an activating group) is 1. The lowest BCUT2D eigenvalue weighted by Gasteiger charge is -2.54. The number of phenols is 1. The van der Waals surface area contributed by atoms with Gasteiger partial charge < -0.3 is 19.3 Å². The number of Topliss-reactive ketones (excluding diaryl/α,β-unsaturated/α-hetero) is 1. The molecule has 1 fully saturated rings. The fourth-order valence-electron chi connectivity index (χ4n) is 5.91. The smallest absolute Gasteiger partial charge is 0.276 e. The zero-order chi connectivity index (χ0) is 21.1. The number of hydrogen-bond donors (Lipinski definition) is 1. The van der Waals surface area contributed by atoms with Gasteiger partial charge in [0.05, 0.1) is 37.9 Å². The average Bonchev–Trinajstić information content (AvgIpc) is 2.99. The van der Waals surface area contributed by atoms with Gasteiger partial charge in [0.25, 0.3) is 5.69 Å². The van der Waals surface area contributed by atoms with E-state index in [9.17, 15) is 20.0 Å². The summed E-state index contributed by atoms with van der Waals surface area (Å²) in [5, 5.41) is 22.9. The fourth-order valence-corrected chi connectivity index (χ4v) is 5.91. The minimum absolute atomic E-state index is 0.0307. The third-order valence-corrected chi connectivity index (χ3v) is 7.00. The normalized spacial score (nSPS) is 28.5. The molecule has 0 amide bonds. The molecule has 1 N–H and O–H groups in total. The molecule has 29 heavy (non-hydrogen) atoms. The number of nitro groups is 1. The van der Waals surface area contributed by atoms with Crippen molar-refractivity contribution in [3.8, 4) is 11.5 Å². The van der Waals surface area contributed by atoms with Gasteiger partial charge in [-0.15, -0.1) is 0 Å². The van der Waals surface area contributed by atoms with Crippen LogP contribution in [0, 0.1) is 10.1 Å². The van der Waals surface area contributed by atoms with Crippen LogP contribution in [0.15, 0.2) is 17.6 Å². The van der Waals surface area contributed by atoms with E-state index in [4.69, 9.17) is 14.2 Å². The first-order valence-corrected chi connectivity index (χ1v) is 9.44. The van der Waals surface area contributed by atoms with E-state index in [1.165, 1.54) is 27.4 Å². The Morgan fingerprint density at radius 1 is 1.21 bits per heavy atom. The Kier molecular flexibility index (Phi) is 4.27. The molecule has 0 spiro atoms. The number of phenolic OH excluding ortho intramolecular Hbond substituents is 1. The maximum Gasteiger partial charge on any atom is 0.276 e. The second-order valence-electron chi connectivity index (χ2n) is 7.84. The molecule has 0 radical (unpaired) electrons. The number of allylic oxidation sites excluding steroid dienone is 1. The van der Waals surface area contributed by atoms with E-state index in [2.05, 4.69) is 4.90 Å². The van der Waals surface area contributed by atoms with Gasteiger partial charge in [-0.25, -0.2) is 0 Å². The molecule has 9 nitrogen and oxygen atoms in total. The van der Waals surface area contributed by atoms with Crippen molar-refractivity contribution in [1.82, 2.24) is 4.90 Å². The number of aromatic hydroxyl groups is 1. The number of fused-ring (bicyclic) bond motifs is 1. The molecular formula is C20H24N2O7. The van der Waals surface area contributed by atoms with Crippen molar-refractivity contribution < 1.29 is 29.0 Å². The number of hydrogen-bond acceptors (Lipinski definition) is 8. The van der Waals surface area contributed by atoms with Gasteiger partial charge in [0, 0.05) is 23.0 Å². The summed E-state index contributed by atoms with van der Waals surface area (Å²) in [6, 6.07) is 1.26. The highest BCUT2D eigenvalue weighted by atomic mass is 16.6. The summed E-state index contributed by atoms with van der Waals surface area (Å²) in [5.74, 6) is 0.247. The number of nitro benzene ring substituents is 1. The van der Waals surface area contributed by atoms with Gasteiger partial charge in [-0.05, 0) is 32.9 Å². The molecule has 1 heterocycles. The number of carbonyl (C=O) groups is 1. The third-order valence-electron chi connectivity index (χ3n) is 7.00. The molecule has 2 unspecified atom stereocenters. The topological polar surface area (TPSA) is 111 Å². The largest absolute Gasteiger partial charge is 0.504 e. The summed E-state index contributed by atoms with van der Waals surface area (Å²) in [5.41, 5.74) is -0.824. The predicted molar refractivity (Wildman–Crippen MR) is 102 cm³/mol. The Balaban J connectivity index is 2.12. The molecule has 1 aromatic rings. The van der Waals surface area contributed by atoms with Crippen LogP contribution in [0.5, 0.6) is 11.5 Å². The van der Waals surface area contributed by atoms with Gasteiger partial charge in [0.15, 0.2) is 17.3 Å². The predicted octanol–water partition coefficient (Wildman–Crippen LogP) is 2.04. The van der Waals surface area contributed by atoms with Crippen molar-refractivity contribution in [3.05, 3.63) is 38.8 Å². The summed E-state index contributed by atoms with van der Waals surface area (Å²) in [4.78, 5) is 26.5. The van der Waals surface area contributed by atoms with E-state index in [1.54, 1.807) is 0 Å². The number of ketones is 1. The van der Waals surface area contributed by atoms with Gasteiger partial charge >= 0.3 is 0 Å². The van der Waals surface area contributed by atoms with Crippen LogP contribution in [0.25, 0.3) is 0 Å². The lowest BCUT2D eigenvalue weighted by atomic mass is 9.53. The Bertz CT molecular complexity index is 957. The highest BCUT2D eigenvalue weighted by Gasteiger charge is 2.69. The molecule has 0 saturated carbocycles. The van der Waals surface area contributed by atoms with Crippen LogP contribution < -0.4 is 4.74 Å².